The fraction of sp³-hybridized carbons (Fsp3) is 0.625. The summed E-state index contributed by atoms with van der Waals surface area (Å²) in [5.74, 6) is -0.964. The number of anilines is 2. The van der Waals surface area contributed by atoms with Gasteiger partial charge in [-0.15, -0.1) is 0 Å². The van der Waals surface area contributed by atoms with Gasteiger partial charge in [0, 0.05) is 31.3 Å². The van der Waals surface area contributed by atoms with Crippen molar-refractivity contribution in [3.05, 3.63) is 23.8 Å². The minimum atomic E-state index is -0.784. The van der Waals surface area contributed by atoms with E-state index in [4.69, 9.17) is 0 Å². The van der Waals surface area contributed by atoms with Crippen molar-refractivity contribution in [2.45, 2.75) is 46.1 Å². The van der Waals surface area contributed by atoms with Crippen LogP contribution in [-0.2, 0) is 0 Å². The minimum Gasteiger partial charge on any atom is -0.381 e. The highest BCUT2D eigenvalue weighted by Gasteiger charge is 2.27. The van der Waals surface area contributed by atoms with Crippen LogP contribution in [0.2, 0.25) is 0 Å². The monoisotopic (exact) mass is 282 g/mol. The van der Waals surface area contributed by atoms with E-state index in [1.165, 1.54) is 12.1 Å². The van der Waals surface area contributed by atoms with Gasteiger partial charge >= 0.3 is 0 Å². The van der Waals surface area contributed by atoms with E-state index in [0.717, 1.165) is 38.0 Å². The molecule has 1 aliphatic rings. The molecule has 1 aromatic carbocycles. The van der Waals surface area contributed by atoms with Crippen LogP contribution in [0.15, 0.2) is 12.1 Å². The number of hydrogen-bond donors (Lipinski definition) is 1. The summed E-state index contributed by atoms with van der Waals surface area (Å²) in [6.07, 6.45) is 3.21. The SMILES string of the molecule is CCC(CC)CN1c2cc(F)c(F)cc2NCC1CC. The summed E-state index contributed by atoms with van der Waals surface area (Å²) in [5, 5.41) is 3.22. The first-order chi connectivity index (χ1) is 9.60. The fourth-order valence-electron chi connectivity index (χ4n) is 2.89. The van der Waals surface area contributed by atoms with Gasteiger partial charge in [0.25, 0.3) is 0 Å². The molecule has 0 fully saturated rings. The first kappa shape index (κ1) is 15.1. The Morgan fingerprint density at radius 1 is 1.20 bits per heavy atom. The predicted molar refractivity (Wildman–Crippen MR) is 80.3 cm³/mol. The summed E-state index contributed by atoms with van der Waals surface area (Å²) in [6, 6.07) is 2.95. The van der Waals surface area contributed by atoms with Crippen LogP contribution < -0.4 is 10.2 Å². The van der Waals surface area contributed by atoms with Crippen LogP contribution in [-0.4, -0.2) is 19.1 Å². The van der Waals surface area contributed by atoms with Gasteiger partial charge in [-0.05, 0) is 12.3 Å². The standard InChI is InChI=1S/C16H24F2N2/c1-4-11(5-2)10-20-12(6-3)9-19-15-7-13(17)14(18)8-16(15)20/h7-8,11-12,19H,4-6,9-10H2,1-3H3. The number of hydrogen-bond acceptors (Lipinski definition) is 2. The molecule has 2 nitrogen and oxygen atoms in total. The van der Waals surface area contributed by atoms with Crippen LogP contribution in [0, 0.1) is 17.6 Å². The fourth-order valence-corrected chi connectivity index (χ4v) is 2.89. The predicted octanol–water partition coefficient (Wildman–Crippen LogP) is 4.41. The van der Waals surface area contributed by atoms with E-state index in [1.54, 1.807) is 0 Å². The Morgan fingerprint density at radius 2 is 1.85 bits per heavy atom. The van der Waals surface area contributed by atoms with Crippen LogP contribution in [0.4, 0.5) is 20.2 Å². The second-order valence-electron chi connectivity index (χ2n) is 5.56. The molecule has 0 aromatic heterocycles. The van der Waals surface area contributed by atoms with Crippen LogP contribution >= 0.6 is 0 Å². The normalized spacial score (nSPS) is 18.1. The summed E-state index contributed by atoms with van der Waals surface area (Å²) in [5.41, 5.74) is 1.51. The molecule has 1 heterocycles. The van der Waals surface area contributed by atoms with Gasteiger partial charge in [0.15, 0.2) is 11.6 Å². The number of fused-ring (bicyclic) bond motifs is 1. The van der Waals surface area contributed by atoms with Gasteiger partial charge in [0.1, 0.15) is 0 Å². The molecule has 1 atom stereocenters. The van der Waals surface area contributed by atoms with E-state index in [2.05, 4.69) is 31.0 Å². The summed E-state index contributed by atoms with van der Waals surface area (Å²) in [4.78, 5) is 2.26. The quantitative estimate of drug-likeness (QED) is 0.860. The Kier molecular flexibility index (Phi) is 4.84. The molecular formula is C16H24F2N2. The summed E-state index contributed by atoms with van der Waals surface area (Å²) in [6.45, 7) is 8.20. The van der Waals surface area contributed by atoms with Crippen molar-refractivity contribution in [3.8, 4) is 0 Å². The maximum Gasteiger partial charge on any atom is 0.161 e. The van der Waals surface area contributed by atoms with Crippen LogP contribution in [0.5, 0.6) is 0 Å². The largest absolute Gasteiger partial charge is 0.381 e. The lowest BCUT2D eigenvalue weighted by Crippen LogP contribution is -2.46. The molecule has 1 aliphatic heterocycles. The van der Waals surface area contributed by atoms with Crippen LogP contribution in [0.1, 0.15) is 40.0 Å². The maximum atomic E-state index is 13.6. The molecule has 1 unspecified atom stereocenters. The Labute approximate surface area is 120 Å². The van der Waals surface area contributed by atoms with Crippen LogP contribution in [0.3, 0.4) is 0 Å². The number of nitrogens with zero attached hydrogens (tertiary/aromatic N) is 1. The zero-order valence-electron chi connectivity index (χ0n) is 12.5. The summed E-state index contributed by atoms with van der Waals surface area (Å²) < 4.78 is 27.0. The van der Waals surface area contributed by atoms with Crippen molar-refractivity contribution >= 4 is 11.4 Å². The van der Waals surface area contributed by atoms with Gasteiger partial charge in [0.2, 0.25) is 0 Å². The molecular weight excluding hydrogens is 258 g/mol. The van der Waals surface area contributed by atoms with E-state index in [9.17, 15) is 8.78 Å². The number of nitrogens with one attached hydrogen (secondary N) is 1. The van der Waals surface area contributed by atoms with Crippen molar-refractivity contribution in [1.29, 1.82) is 0 Å². The van der Waals surface area contributed by atoms with Crippen molar-refractivity contribution < 1.29 is 8.78 Å². The molecule has 0 bridgehead atoms. The van der Waals surface area contributed by atoms with Crippen molar-refractivity contribution in [1.82, 2.24) is 0 Å². The number of benzene rings is 1. The van der Waals surface area contributed by atoms with Gasteiger partial charge in [-0.25, -0.2) is 8.78 Å². The Bertz CT molecular complexity index is 458. The average Bonchev–Trinajstić information content (AvgIpc) is 2.46. The lowest BCUT2D eigenvalue weighted by molar-refractivity contribution is 0.446. The lowest BCUT2D eigenvalue weighted by Gasteiger charge is -2.41. The van der Waals surface area contributed by atoms with Gasteiger partial charge in [-0.3, -0.25) is 0 Å². The van der Waals surface area contributed by atoms with Gasteiger partial charge in [0.05, 0.1) is 11.4 Å². The summed E-state index contributed by atoms with van der Waals surface area (Å²) >= 11 is 0. The molecule has 0 aliphatic carbocycles. The second-order valence-corrected chi connectivity index (χ2v) is 5.56. The Morgan fingerprint density at radius 3 is 2.45 bits per heavy atom. The van der Waals surface area contributed by atoms with Crippen molar-refractivity contribution in [3.63, 3.8) is 0 Å². The third-order valence-corrected chi connectivity index (χ3v) is 4.40. The zero-order chi connectivity index (χ0) is 14.7. The highest BCUT2D eigenvalue weighted by molar-refractivity contribution is 5.73. The van der Waals surface area contributed by atoms with Gasteiger partial charge < -0.3 is 10.2 Å². The van der Waals surface area contributed by atoms with Crippen molar-refractivity contribution in [2.24, 2.45) is 5.92 Å². The van der Waals surface area contributed by atoms with E-state index in [-0.39, 0.29) is 0 Å². The molecule has 4 heteroatoms. The molecule has 0 radical (unpaired) electrons. The smallest absolute Gasteiger partial charge is 0.161 e. The van der Waals surface area contributed by atoms with E-state index in [0.29, 0.717) is 17.6 Å². The van der Waals surface area contributed by atoms with Gasteiger partial charge in [-0.1, -0.05) is 33.6 Å². The highest BCUT2D eigenvalue weighted by Crippen LogP contribution is 2.35. The number of halogens is 2. The maximum absolute atomic E-state index is 13.6. The molecule has 20 heavy (non-hydrogen) atoms. The third kappa shape index (κ3) is 2.89. The molecule has 0 saturated heterocycles. The molecule has 0 amide bonds. The minimum absolute atomic E-state index is 0.341. The Hall–Kier alpha value is -1.32. The number of rotatable bonds is 5. The molecule has 2 rings (SSSR count). The van der Waals surface area contributed by atoms with E-state index < -0.39 is 11.6 Å². The average molecular weight is 282 g/mol. The second kappa shape index (κ2) is 6.42. The highest BCUT2D eigenvalue weighted by atomic mass is 19.2. The van der Waals surface area contributed by atoms with Crippen molar-refractivity contribution in [2.75, 3.05) is 23.3 Å². The first-order valence-electron chi connectivity index (χ1n) is 7.60. The van der Waals surface area contributed by atoms with E-state index >= 15 is 0 Å². The topological polar surface area (TPSA) is 15.3 Å². The summed E-state index contributed by atoms with van der Waals surface area (Å²) in [7, 11) is 0. The van der Waals surface area contributed by atoms with Gasteiger partial charge in [-0.2, -0.15) is 0 Å². The van der Waals surface area contributed by atoms with E-state index in [1.807, 2.05) is 0 Å². The molecule has 1 N–H and O–H groups in total. The lowest BCUT2D eigenvalue weighted by atomic mass is 9.99. The van der Waals surface area contributed by atoms with Crippen LogP contribution in [0.25, 0.3) is 0 Å². The molecule has 0 spiro atoms. The Balaban J connectivity index is 2.34. The molecule has 112 valence electrons. The molecule has 1 aromatic rings. The first-order valence-corrected chi connectivity index (χ1v) is 7.60. The third-order valence-electron chi connectivity index (χ3n) is 4.40. The molecule has 0 saturated carbocycles. The zero-order valence-corrected chi connectivity index (χ0v) is 12.5.